The van der Waals surface area contributed by atoms with Gasteiger partial charge < -0.3 is 0 Å². The van der Waals surface area contributed by atoms with Gasteiger partial charge in [-0.1, -0.05) is 78.9 Å². The first-order valence-corrected chi connectivity index (χ1v) is 13.6. The second-order valence-corrected chi connectivity index (χ2v) is 9.99. The largest absolute Gasteiger partial charge is 0.291 e. The molecule has 3 aromatic heterocycles. The summed E-state index contributed by atoms with van der Waals surface area (Å²) < 4.78 is 2.17. The second-order valence-electron chi connectivity index (χ2n) is 9.99. The van der Waals surface area contributed by atoms with Crippen LogP contribution in [0.15, 0.2) is 140 Å². The second kappa shape index (κ2) is 9.50. The molecule has 0 aliphatic heterocycles. The molecule has 5 nitrogen and oxygen atoms in total. The van der Waals surface area contributed by atoms with E-state index in [0.29, 0.717) is 5.82 Å². The molecule has 0 N–H and O–H groups in total. The molecule has 8 rings (SSSR count). The number of imidazole rings is 1. The van der Waals surface area contributed by atoms with Crippen LogP contribution in [-0.2, 0) is 0 Å². The van der Waals surface area contributed by atoms with Crippen molar-refractivity contribution in [3.8, 4) is 39.9 Å². The summed E-state index contributed by atoms with van der Waals surface area (Å²) in [6.07, 6.45) is 3.57. The number of fused-ring (bicyclic) bond motifs is 4. The molecule has 0 spiro atoms. The van der Waals surface area contributed by atoms with E-state index in [9.17, 15) is 0 Å². The van der Waals surface area contributed by atoms with E-state index in [2.05, 4.69) is 88.4 Å². The molecule has 0 fully saturated rings. The molecule has 0 unspecified atom stereocenters. The monoisotopic (exact) mass is 525 g/mol. The van der Waals surface area contributed by atoms with Crippen LogP contribution in [0.4, 0.5) is 0 Å². The normalized spacial score (nSPS) is 11.4. The van der Waals surface area contributed by atoms with E-state index < -0.39 is 0 Å². The van der Waals surface area contributed by atoms with Crippen molar-refractivity contribution in [2.24, 2.45) is 0 Å². The predicted molar refractivity (Wildman–Crippen MR) is 166 cm³/mol. The fourth-order valence-corrected chi connectivity index (χ4v) is 5.63. The van der Waals surface area contributed by atoms with Crippen molar-refractivity contribution in [1.29, 1.82) is 0 Å². The highest BCUT2D eigenvalue weighted by Gasteiger charge is 2.19. The Bertz CT molecular complexity index is 2200. The van der Waals surface area contributed by atoms with Crippen LogP contribution < -0.4 is 0 Å². The lowest BCUT2D eigenvalue weighted by molar-refractivity contribution is 1.07. The molecule has 192 valence electrons. The molecule has 3 heterocycles. The van der Waals surface area contributed by atoms with Crippen LogP contribution in [0.2, 0.25) is 0 Å². The van der Waals surface area contributed by atoms with Gasteiger partial charge in [0.05, 0.1) is 16.7 Å². The Kier molecular flexibility index (Phi) is 5.38. The maximum absolute atomic E-state index is 5.12. The summed E-state index contributed by atoms with van der Waals surface area (Å²) in [5.41, 5.74) is 6.43. The zero-order chi connectivity index (χ0) is 27.2. The fraction of sp³-hybridized carbons (Fsp3) is 0. The maximum atomic E-state index is 5.12. The first-order chi connectivity index (χ1) is 20.3. The molecule has 0 aliphatic rings. The zero-order valence-electron chi connectivity index (χ0n) is 22.0. The van der Waals surface area contributed by atoms with Crippen molar-refractivity contribution in [2.45, 2.75) is 0 Å². The van der Waals surface area contributed by atoms with Gasteiger partial charge in [0.25, 0.3) is 0 Å². The molecule has 41 heavy (non-hydrogen) atoms. The molecule has 0 saturated heterocycles. The summed E-state index contributed by atoms with van der Waals surface area (Å²) in [6.45, 7) is 0. The lowest BCUT2D eigenvalue weighted by Gasteiger charge is -2.14. The van der Waals surface area contributed by atoms with Gasteiger partial charge in [-0.05, 0) is 70.1 Å². The summed E-state index contributed by atoms with van der Waals surface area (Å²) in [5.74, 6) is 1.37. The number of aromatic nitrogens is 5. The molecule has 0 radical (unpaired) electrons. The minimum absolute atomic E-state index is 0.606. The van der Waals surface area contributed by atoms with Crippen LogP contribution in [0.25, 0.3) is 72.4 Å². The minimum Gasteiger partial charge on any atom is -0.291 e. The predicted octanol–water partition coefficient (Wildman–Crippen LogP) is 8.52. The van der Waals surface area contributed by atoms with Crippen LogP contribution in [0, 0.1) is 0 Å². The van der Waals surface area contributed by atoms with E-state index >= 15 is 0 Å². The molecule has 0 aliphatic carbocycles. The summed E-state index contributed by atoms with van der Waals surface area (Å²) in [5, 5.41) is 4.73. The maximum Gasteiger partial charge on any atom is 0.164 e. The molecule has 0 bridgehead atoms. The fourth-order valence-electron chi connectivity index (χ4n) is 5.63. The highest BCUT2D eigenvalue weighted by atomic mass is 15.1. The van der Waals surface area contributed by atoms with E-state index in [1.807, 2.05) is 54.7 Å². The van der Waals surface area contributed by atoms with Gasteiger partial charge in [0.15, 0.2) is 11.6 Å². The minimum atomic E-state index is 0.606. The number of rotatable bonds is 4. The van der Waals surface area contributed by atoms with Crippen molar-refractivity contribution in [1.82, 2.24) is 24.5 Å². The van der Waals surface area contributed by atoms with Crippen LogP contribution >= 0.6 is 0 Å². The van der Waals surface area contributed by atoms with Gasteiger partial charge in [0.1, 0.15) is 5.69 Å². The number of benzene rings is 5. The number of hydrogen-bond donors (Lipinski definition) is 0. The van der Waals surface area contributed by atoms with Gasteiger partial charge in [-0.25, -0.2) is 15.0 Å². The van der Waals surface area contributed by atoms with Crippen LogP contribution in [0.3, 0.4) is 0 Å². The van der Waals surface area contributed by atoms with Gasteiger partial charge in [0.2, 0.25) is 0 Å². The average molecular weight is 526 g/mol. The zero-order valence-corrected chi connectivity index (χ0v) is 22.0. The molecule has 0 atom stereocenters. The van der Waals surface area contributed by atoms with Crippen LogP contribution in [0.1, 0.15) is 0 Å². The lowest BCUT2D eigenvalue weighted by Crippen LogP contribution is -2.02. The Balaban J connectivity index is 1.46. The smallest absolute Gasteiger partial charge is 0.164 e. The van der Waals surface area contributed by atoms with Gasteiger partial charge in [0, 0.05) is 29.2 Å². The SMILES string of the molecule is c1ccc(-n2c(-c3cc(-c4cc5ccccc5c5ccccc45)nc(-c4cccnc4)n3)nc3ccccc32)cc1. The van der Waals surface area contributed by atoms with E-state index in [1.54, 1.807) is 6.20 Å². The molecule has 0 amide bonds. The van der Waals surface area contributed by atoms with Gasteiger partial charge in [-0.15, -0.1) is 0 Å². The molecule has 5 aromatic carbocycles. The average Bonchev–Trinajstić information content (AvgIpc) is 3.45. The number of pyridine rings is 1. The molecular weight excluding hydrogens is 502 g/mol. The van der Waals surface area contributed by atoms with E-state index in [0.717, 1.165) is 50.4 Å². The Morgan fingerprint density at radius 2 is 1.27 bits per heavy atom. The quantitative estimate of drug-likeness (QED) is 0.216. The lowest BCUT2D eigenvalue weighted by atomic mass is 9.95. The third-order valence-electron chi connectivity index (χ3n) is 7.49. The van der Waals surface area contributed by atoms with Crippen molar-refractivity contribution in [3.63, 3.8) is 0 Å². The molecule has 0 saturated carbocycles. The molecule has 5 heteroatoms. The van der Waals surface area contributed by atoms with Crippen LogP contribution in [-0.4, -0.2) is 24.5 Å². The third kappa shape index (κ3) is 3.95. The number of hydrogen-bond acceptors (Lipinski definition) is 4. The van der Waals surface area contributed by atoms with Crippen LogP contribution in [0.5, 0.6) is 0 Å². The first kappa shape index (κ1) is 23.2. The summed E-state index contributed by atoms with van der Waals surface area (Å²) >= 11 is 0. The summed E-state index contributed by atoms with van der Waals surface area (Å²) in [7, 11) is 0. The van der Waals surface area contributed by atoms with Gasteiger partial charge >= 0.3 is 0 Å². The van der Waals surface area contributed by atoms with E-state index in [1.165, 1.54) is 16.2 Å². The third-order valence-corrected chi connectivity index (χ3v) is 7.49. The standard InChI is InChI=1S/C36H23N5/c1-2-13-26(14-3-1)41-34-19-9-8-18-31(34)40-36(41)33-22-32(38-35(39-33)25-12-10-20-37-23-25)30-21-24-11-4-5-15-27(24)28-16-6-7-17-29(28)30/h1-23H. The Morgan fingerprint density at radius 1 is 0.537 bits per heavy atom. The number of nitrogens with zero attached hydrogens (tertiary/aromatic N) is 5. The van der Waals surface area contributed by atoms with Crippen molar-refractivity contribution >= 4 is 32.6 Å². The van der Waals surface area contributed by atoms with Gasteiger partial charge in [-0.3, -0.25) is 9.55 Å². The number of para-hydroxylation sites is 3. The Labute approximate surface area is 236 Å². The Morgan fingerprint density at radius 3 is 2.12 bits per heavy atom. The Hall–Kier alpha value is -5.68. The topological polar surface area (TPSA) is 56.5 Å². The van der Waals surface area contributed by atoms with E-state index in [-0.39, 0.29) is 0 Å². The van der Waals surface area contributed by atoms with Crippen molar-refractivity contribution in [2.75, 3.05) is 0 Å². The van der Waals surface area contributed by atoms with Crippen molar-refractivity contribution in [3.05, 3.63) is 140 Å². The summed E-state index contributed by atoms with van der Waals surface area (Å²) in [6, 6.07) is 43.7. The van der Waals surface area contributed by atoms with Gasteiger partial charge in [-0.2, -0.15) is 0 Å². The summed E-state index contributed by atoms with van der Waals surface area (Å²) in [4.78, 5) is 19.7. The first-order valence-electron chi connectivity index (χ1n) is 13.6. The highest BCUT2D eigenvalue weighted by Crippen LogP contribution is 2.37. The molecule has 8 aromatic rings. The molecular formula is C36H23N5. The highest BCUT2D eigenvalue weighted by molar-refractivity contribution is 6.13. The van der Waals surface area contributed by atoms with E-state index in [4.69, 9.17) is 15.0 Å². The van der Waals surface area contributed by atoms with Crippen molar-refractivity contribution < 1.29 is 0 Å².